The van der Waals surface area contributed by atoms with Crippen LogP contribution in [0.25, 0.3) is 5.69 Å². The van der Waals surface area contributed by atoms with Crippen LogP contribution in [0.2, 0.25) is 0 Å². The number of nitrogens with zero attached hydrogens (tertiary/aromatic N) is 2. The number of hydrogen-bond donors (Lipinski definition) is 1. The second-order valence-electron chi connectivity index (χ2n) is 3.69. The van der Waals surface area contributed by atoms with Crippen molar-refractivity contribution in [3.63, 3.8) is 0 Å². The molecular formula is C11H10BrF2N3. The van der Waals surface area contributed by atoms with Crippen molar-refractivity contribution in [3.05, 3.63) is 46.5 Å². The van der Waals surface area contributed by atoms with Crippen LogP contribution in [0.4, 0.5) is 8.78 Å². The Hall–Kier alpha value is -1.27. The molecule has 0 saturated heterocycles. The topological polar surface area (TPSA) is 43.8 Å². The summed E-state index contributed by atoms with van der Waals surface area (Å²) in [6.45, 7) is 1.77. The van der Waals surface area contributed by atoms with E-state index in [9.17, 15) is 8.78 Å². The summed E-state index contributed by atoms with van der Waals surface area (Å²) in [6.07, 6.45) is 3.00. The van der Waals surface area contributed by atoms with Gasteiger partial charge in [0.1, 0.15) is 11.6 Å². The molecule has 3 nitrogen and oxygen atoms in total. The van der Waals surface area contributed by atoms with Gasteiger partial charge in [-0.25, -0.2) is 13.8 Å². The van der Waals surface area contributed by atoms with Crippen molar-refractivity contribution in [2.45, 2.75) is 13.0 Å². The quantitative estimate of drug-likeness (QED) is 0.867. The van der Waals surface area contributed by atoms with Crippen LogP contribution in [-0.2, 0) is 0 Å². The zero-order valence-electron chi connectivity index (χ0n) is 8.99. The van der Waals surface area contributed by atoms with Gasteiger partial charge < -0.3 is 5.73 Å². The number of benzene rings is 1. The second-order valence-corrected chi connectivity index (χ2v) is 4.55. The third-order valence-electron chi connectivity index (χ3n) is 2.38. The number of rotatable bonds is 2. The molecule has 2 N–H and O–H groups in total. The van der Waals surface area contributed by atoms with Crippen molar-refractivity contribution in [3.8, 4) is 5.69 Å². The zero-order valence-corrected chi connectivity index (χ0v) is 10.6. The highest BCUT2D eigenvalue weighted by atomic mass is 79.9. The summed E-state index contributed by atoms with van der Waals surface area (Å²) < 4.78 is 28.5. The monoisotopic (exact) mass is 301 g/mol. The molecule has 0 radical (unpaired) electrons. The molecule has 2 rings (SSSR count). The number of aromatic nitrogens is 2. The highest BCUT2D eigenvalue weighted by Crippen LogP contribution is 2.25. The molecule has 1 aromatic carbocycles. The Balaban J connectivity index is 2.60. The molecule has 0 aliphatic rings. The minimum Gasteiger partial charge on any atom is -0.323 e. The fourth-order valence-electron chi connectivity index (χ4n) is 1.54. The van der Waals surface area contributed by atoms with E-state index in [1.807, 2.05) is 0 Å². The first-order valence-electron chi connectivity index (χ1n) is 4.93. The lowest BCUT2D eigenvalue weighted by Crippen LogP contribution is -2.11. The van der Waals surface area contributed by atoms with Crippen LogP contribution in [0.3, 0.4) is 0 Å². The lowest BCUT2D eigenvalue weighted by molar-refractivity contribution is 0.571. The fourth-order valence-corrected chi connectivity index (χ4v) is 1.87. The van der Waals surface area contributed by atoms with Crippen LogP contribution >= 0.6 is 15.9 Å². The summed E-state index contributed by atoms with van der Waals surface area (Å²) in [6, 6.07) is 1.89. The van der Waals surface area contributed by atoms with E-state index < -0.39 is 11.6 Å². The van der Waals surface area contributed by atoms with Crippen LogP contribution in [0.1, 0.15) is 18.7 Å². The molecule has 0 fully saturated rings. The van der Waals surface area contributed by atoms with Gasteiger partial charge in [-0.3, -0.25) is 4.57 Å². The highest BCUT2D eigenvalue weighted by molar-refractivity contribution is 9.10. The first-order valence-corrected chi connectivity index (χ1v) is 5.72. The van der Waals surface area contributed by atoms with E-state index in [1.165, 1.54) is 17.0 Å². The Morgan fingerprint density at radius 2 is 2.06 bits per heavy atom. The van der Waals surface area contributed by atoms with E-state index >= 15 is 0 Å². The Labute approximate surface area is 105 Å². The van der Waals surface area contributed by atoms with Crippen molar-refractivity contribution in [1.82, 2.24) is 9.55 Å². The van der Waals surface area contributed by atoms with E-state index in [0.29, 0.717) is 5.69 Å². The van der Waals surface area contributed by atoms with Crippen molar-refractivity contribution < 1.29 is 8.78 Å². The summed E-state index contributed by atoms with van der Waals surface area (Å²) in [7, 11) is 0. The third kappa shape index (κ3) is 2.23. The maximum absolute atomic E-state index is 13.7. The number of halogens is 3. The average Bonchev–Trinajstić information content (AvgIpc) is 2.72. The van der Waals surface area contributed by atoms with Gasteiger partial charge in [0.05, 0.1) is 28.4 Å². The van der Waals surface area contributed by atoms with Gasteiger partial charge in [-0.2, -0.15) is 0 Å². The molecule has 0 bridgehead atoms. The van der Waals surface area contributed by atoms with Crippen LogP contribution in [0.5, 0.6) is 0 Å². The number of imidazole rings is 1. The SMILES string of the molecule is CC(N)c1cncn1-c1cc(Br)c(F)cc1F. The molecule has 1 unspecified atom stereocenters. The van der Waals surface area contributed by atoms with Gasteiger partial charge in [-0.15, -0.1) is 0 Å². The summed E-state index contributed by atoms with van der Waals surface area (Å²) in [5.41, 5.74) is 6.61. The van der Waals surface area contributed by atoms with Gasteiger partial charge in [0.25, 0.3) is 0 Å². The van der Waals surface area contributed by atoms with Crippen LogP contribution in [-0.4, -0.2) is 9.55 Å². The maximum atomic E-state index is 13.7. The average molecular weight is 302 g/mol. The second kappa shape index (κ2) is 4.54. The van der Waals surface area contributed by atoms with Gasteiger partial charge in [-0.05, 0) is 28.9 Å². The van der Waals surface area contributed by atoms with Crippen LogP contribution in [0.15, 0.2) is 29.1 Å². The Morgan fingerprint density at radius 1 is 1.35 bits per heavy atom. The summed E-state index contributed by atoms with van der Waals surface area (Å²) in [4.78, 5) is 3.92. The summed E-state index contributed by atoms with van der Waals surface area (Å²) in [5.74, 6) is -1.31. The Bertz CT molecular complexity index is 552. The number of nitrogens with two attached hydrogens (primary N) is 1. The summed E-state index contributed by atoms with van der Waals surface area (Å²) in [5, 5.41) is 0. The lowest BCUT2D eigenvalue weighted by atomic mass is 10.2. The van der Waals surface area contributed by atoms with Gasteiger partial charge in [0.2, 0.25) is 0 Å². The molecule has 0 aliphatic carbocycles. The molecule has 1 aromatic heterocycles. The minimum atomic E-state index is -0.661. The standard InChI is InChI=1S/C11H10BrF2N3/c1-6(15)11-4-16-5-17(11)10-2-7(12)8(13)3-9(10)14/h2-6H,15H2,1H3. The number of hydrogen-bond acceptors (Lipinski definition) is 2. The first kappa shape index (κ1) is 12.2. The van der Waals surface area contributed by atoms with Crippen molar-refractivity contribution in [2.75, 3.05) is 0 Å². The van der Waals surface area contributed by atoms with E-state index in [2.05, 4.69) is 20.9 Å². The molecule has 1 heterocycles. The minimum absolute atomic E-state index is 0.193. The normalized spacial score (nSPS) is 12.8. The third-order valence-corrected chi connectivity index (χ3v) is 2.99. The maximum Gasteiger partial charge on any atom is 0.150 e. The predicted octanol–water partition coefficient (Wildman–Crippen LogP) is 2.93. The molecule has 90 valence electrons. The Morgan fingerprint density at radius 3 is 2.71 bits per heavy atom. The zero-order chi connectivity index (χ0) is 12.6. The molecule has 0 spiro atoms. The lowest BCUT2D eigenvalue weighted by Gasteiger charge is -2.12. The van der Waals surface area contributed by atoms with Crippen LogP contribution in [0, 0.1) is 11.6 Å². The van der Waals surface area contributed by atoms with E-state index in [0.717, 1.165) is 6.07 Å². The molecule has 1 atom stereocenters. The van der Waals surface area contributed by atoms with Gasteiger partial charge in [0.15, 0.2) is 0 Å². The highest BCUT2D eigenvalue weighted by Gasteiger charge is 2.14. The smallest absolute Gasteiger partial charge is 0.150 e. The van der Waals surface area contributed by atoms with Gasteiger partial charge in [0, 0.05) is 12.1 Å². The van der Waals surface area contributed by atoms with Crippen LogP contribution < -0.4 is 5.73 Å². The van der Waals surface area contributed by atoms with E-state index in [4.69, 9.17) is 5.73 Å². The predicted molar refractivity (Wildman–Crippen MR) is 63.8 cm³/mol. The van der Waals surface area contributed by atoms with E-state index in [-0.39, 0.29) is 16.2 Å². The molecule has 0 aliphatic heterocycles. The molecule has 0 amide bonds. The summed E-state index contributed by atoms with van der Waals surface area (Å²) >= 11 is 3.02. The molecular weight excluding hydrogens is 292 g/mol. The largest absolute Gasteiger partial charge is 0.323 e. The van der Waals surface area contributed by atoms with Gasteiger partial charge in [-0.1, -0.05) is 0 Å². The fraction of sp³-hybridized carbons (Fsp3) is 0.182. The van der Waals surface area contributed by atoms with Gasteiger partial charge >= 0.3 is 0 Å². The van der Waals surface area contributed by atoms with Crippen molar-refractivity contribution >= 4 is 15.9 Å². The van der Waals surface area contributed by atoms with Crippen molar-refractivity contribution in [1.29, 1.82) is 0 Å². The first-order chi connectivity index (χ1) is 8.00. The van der Waals surface area contributed by atoms with E-state index in [1.54, 1.807) is 13.1 Å². The Kier molecular flexibility index (Phi) is 3.26. The molecule has 6 heteroatoms. The molecule has 2 aromatic rings. The molecule has 17 heavy (non-hydrogen) atoms. The van der Waals surface area contributed by atoms with Crippen molar-refractivity contribution in [2.24, 2.45) is 5.73 Å². The molecule has 0 saturated carbocycles.